The van der Waals surface area contributed by atoms with Gasteiger partial charge in [-0.15, -0.1) is 12.4 Å². The Morgan fingerprint density at radius 3 is 2.31 bits per heavy atom. The van der Waals surface area contributed by atoms with Crippen molar-refractivity contribution in [2.24, 2.45) is 17.1 Å². The molecule has 0 aromatic rings. The van der Waals surface area contributed by atoms with Crippen molar-refractivity contribution in [2.75, 3.05) is 19.8 Å². The van der Waals surface area contributed by atoms with E-state index in [0.717, 1.165) is 25.7 Å². The van der Waals surface area contributed by atoms with E-state index in [4.69, 9.17) is 10.5 Å². The molecule has 2 N–H and O–H groups in total. The molecule has 3 heteroatoms. The third-order valence-electron chi connectivity index (χ3n) is 2.73. The van der Waals surface area contributed by atoms with E-state index in [9.17, 15) is 0 Å². The van der Waals surface area contributed by atoms with Crippen LogP contribution in [0.2, 0.25) is 0 Å². The quantitative estimate of drug-likeness (QED) is 0.771. The van der Waals surface area contributed by atoms with Gasteiger partial charge in [-0.2, -0.15) is 0 Å². The molecule has 13 heavy (non-hydrogen) atoms. The second-order valence-electron chi connectivity index (χ2n) is 4.63. The van der Waals surface area contributed by atoms with Crippen LogP contribution in [0.15, 0.2) is 0 Å². The molecule has 1 aliphatic heterocycles. The third-order valence-corrected chi connectivity index (χ3v) is 2.73. The lowest BCUT2D eigenvalue weighted by atomic mass is 9.80. The Labute approximate surface area is 87.6 Å². The summed E-state index contributed by atoms with van der Waals surface area (Å²) in [5, 5.41) is 0. The molecule has 1 heterocycles. The summed E-state index contributed by atoms with van der Waals surface area (Å²) in [5.74, 6) is 0.845. The van der Waals surface area contributed by atoms with Crippen molar-refractivity contribution in [1.29, 1.82) is 0 Å². The van der Waals surface area contributed by atoms with Crippen LogP contribution in [0.5, 0.6) is 0 Å². The smallest absolute Gasteiger partial charge is 0.0468 e. The number of halogens is 1. The zero-order valence-corrected chi connectivity index (χ0v) is 9.53. The average Bonchev–Trinajstić information content (AvgIpc) is 2.06. The molecule has 0 bridgehead atoms. The Balaban J connectivity index is 0.00000144. The van der Waals surface area contributed by atoms with Crippen LogP contribution in [0.1, 0.15) is 33.1 Å². The minimum absolute atomic E-state index is 0. The lowest BCUT2D eigenvalue weighted by molar-refractivity contribution is 0.0522. The van der Waals surface area contributed by atoms with Gasteiger partial charge in [-0.1, -0.05) is 13.8 Å². The maximum atomic E-state index is 5.69. The first-order chi connectivity index (χ1) is 5.64. The predicted molar refractivity (Wildman–Crippen MR) is 58.2 cm³/mol. The lowest BCUT2D eigenvalue weighted by Gasteiger charge is -2.30. The minimum atomic E-state index is 0. The van der Waals surface area contributed by atoms with Gasteiger partial charge in [0.2, 0.25) is 0 Å². The summed E-state index contributed by atoms with van der Waals surface area (Å²) in [4.78, 5) is 0. The second kappa shape index (κ2) is 5.84. The van der Waals surface area contributed by atoms with Crippen LogP contribution in [0.25, 0.3) is 0 Å². The molecule has 0 atom stereocenters. The summed E-state index contributed by atoms with van der Waals surface area (Å²) >= 11 is 0. The first-order valence-corrected chi connectivity index (χ1v) is 4.92. The highest BCUT2D eigenvalue weighted by molar-refractivity contribution is 5.85. The maximum Gasteiger partial charge on any atom is 0.0468 e. The number of hydrogen-bond donors (Lipinski definition) is 1. The number of rotatable bonds is 3. The first kappa shape index (κ1) is 13.2. The molecule has 2 nitrogen and oxygen atoms in total. The van der Waals surface area contributed by atoms with Gasteiger partial charge >= 0.3 is 0 Å². The molecule has 1 rings (SSSR count). The van der Waals surface area contributed by atoms with Gasteiger partial charge in [-0.25, -0.2) is 0 Å². The Kier molecular flexibility index (Phi) is 5.93. The van der Waals surface area contributed by atoms with Crippen molar-refractivity contribution in [1.82, 2.24) is 0 Å². The van der Waals surface area contributed by atoms with Gasteiger partial charge in [-0.3, -0.25) is 0 Å². The van der Waals surface area contributed by atoms with E-state index in [1.807, 2.05) is 0 Å². The van der Waals surface area contributed by atoms with Crippen LogP contribution >= 0.6 is 12.4 Å². The molecule has 1 saturated heterocycles. The van der Waals surface area contributed by atoms with E-state index in [0.29, 0.717) is 5.41 Å². The van der Waals surface area contributed by atoms with E-state index < -0.39 is 0 Å². The number of nitrogens with two attached hydrogens (primary N) is 1. The van der Waals surface area contributed by atoms with Crippen LogP contribution in [0.4, 0.5) is 0 Å². The molecule has 0 radical (unpaired) electrons. The van der Waals surface area contributed by atoms with Crippen molar-refractivity contribution in [3.63, 3.8) is 0 Å². The van der Waals surface area contributed by atoms with Crippen molar-refractivity contribution >= 4 is 12.4 Å². The molecule has 0 unspecified atom stereocenters. The molecular formula is C10H22ClNO. The van der Waals surface area contributed by atoms with Crippen LogP contribution in [0, 0.1) is 11.3 Å². The molecule has 0 aromatic carbocycles. The lowest BCUT2D eigenvalue weighted by Crippen LogP contribution is -2.28. The predicted octanol–water partition coefficient (Wildman–Crippen LogP) is 2.21. The Morgan fingerprint density at radius 1 is 1.31 bits per heavy atom. The average molecular weight is 208 g/mol. The van der Waals surface area contributed by atoms with Gasteiger partial charge in [0.15, 0.2) is 0 Å². The zero-order chi connectivity index (χ0) is 9.03. The molecule has 1 aliphatic rings. The van der Waals surface area contributed by atoms with E-state index in [1.54, 1.807) is 0 Å². The number of ether oxygens (including phenoxy) is 1. The van der Waals surface area contributed by atoms with Gasteiger partial charge in [-0.05, 0) is 37.1 Å². The standard InChI is InChI=1S/C10H21NO.ClH/c1-10(2,8-11)7-9-3-5-12-6-4-9;/h9H,3-8,11H2,1-2H3;1H. The Hall–Kier alpha value is 0.210. The van der Waals surface area contributed by atoms with Crippen molar-refractivity contribution in [3.05, 3.63) is 0 Å². The number of hydrogen-bond acceptors (Lipinski definition) is 2. The highest BCUT2D eigenvalue weighted by Crippen LogP contribution is 2.29. The molecule has 1 fully saturated rings. The van der Waals surface area contributed by atoms with Gasteiger partial charge in [0.1, 0.15) is 0 Å². The van der Waals surface area contributed by atoms with Gasteiger partial charge < -0.3 is 10.5 Å². The monoisotopic (exact) mass is 207 g/mol. The van der Waals surface area contributed by atoms with Crippen molar-refractivity contribution in [3.8, 4) is 0 Å². The van der Waals surface area contributed by atoms with Crippen LogP contribution in [0.3, 0.4) is 0 Å². The van der Waals surface area contributed by atoms with Crippen molar-refractivity contribution in [2.45, 2.75) is 33.1 Å². The van der Waals surface area contributed by atoms with E-state index in [2.05, 4.69) is 13.8 Å². The van der Waals surface area contributed by atoms with Crippen LogP contribution < -0.4 is 5.73 Å². The normalized spacial score (nSPS) is 19.6. The maximum absolute atomic E-state index is 5.69. The molecule has 0 aromatic heterocycles. The molecule has 80 valence electrons. The van der Waals surface area contributed by atoms with E-state index in [-0.39, 0.29) is 12.4 Å². The summed E-state index contributed by atoms with van der Waals surface area (Å²) in [5.41, 5.74) is 6.01. The fourth-order valence-electron chi connectivity index (χ4n) is 1.82. The highest BCUT2D eigenvalue weighted by atomic mass is 35.5. The Bertz CT molecular complexity index is 133. The molecule has 0 amide bonds. The fraction of sp³-hybridized carbons (Fsp3) is 1.00. The summed E-state index contributed by atoms with van der Waals surface area (Å²) in [6.45, 7) is 7.20. The molecular weight excluding hydrogens is 186 g/mol. The second-order valence-corrected chi connectivity index (χ2v) is 4.63. The van der Waals surface area contributed by atoms with Crippen LogP contribution in [-0.2, 0) is 4.74 Å². The molecule has 0 spiro atoms. The van der Waals surface area contributed by atoms with Crippen molar-refractivity contribution < 1.29 is 4.74 Å². The third kappa shape index (κ3) is 4.84. The molecule has 0 aliphatic carbocycles. The zero-order valence-electron chi connectivity index (χ0n) is 8.71. The van der Waals surface area contributed by atoms with Gasteiger partial charge in [0.25, 0.3) is 0 Å². The highest BCUT2D eigenvalue weighted by Gasteiger charge is 2.23. The molecule has 0 saturated carbocycles. The minimum Gasteiger partial charge on any atom is -0.381 e. The SMILES string of the molecule is CC(C)(CN)CC1CCOCC1.Cl. The summed E-state index contributed by atoms with van der Waals surface area (Å²) in [7, 11) is 0. The topological polar surface area (TPSA) is 35.2 Å². The Morgan fingerprint density at radius 2 is 1.85 bits per heavy atom. The van der Waals surface area contributed by atoms with Gasteiger partial charge in [0.05, 0.1) is 0 Å². The fourth-order valence-corrected chi connectivity index (χ4v) is 1.82. The first-order valence-electron chi connectivity index (χ1n) is 4.92. The van der Waals surface area contributed by atoms with E-state index >= 15 is 0 Å². The summed E-state index contributed by atoms with van der Waals surface area (Å²) in [6.07, 6.45) is 3.71. The van der Waals surface area contributed by atoms with Gasteiger partial charge in [0, 0.05) is 13.2 Å². The summed E-state index contributed by atoms with van der Waals surface area (Å²) in [6, 6.07) is 0. The van der Waals surface area contributed by atoms with E-state index in [1.165, 1.54) is 19.3 Å². The largest absolute Gasteiger partial charge is 0.381 e. The van der Waals surface area contributed by atoms with Crippen LogP contribution in [-0.4, -0.2) is 19.8 Å². The summed E-state index contributed by atoms with van der Waals surface area (Å²) < 4.78 is 5.32.